The molecule has 3 nitrogen and oxygen atoms in total. The minimum Gasteiger partial charge on any atom is -0.384 e. The average molecular weight is 350 g/mol. The first-order valence-electron chi connectivity index (χ1n) is 6.24. The Morgan fingerprint density at radius 1 is 1.40 bits per heavy atom. The molecule has 0 saturated carbocycles. The first-order valence-corrected chi connectivity index (χ1v) is 7.04. The second kappa shape index (κ2) is 5.63. The topological polar surface area (TPSA) is 53.1 Å². The molecule has 1 saturated heterocycles. The summed E-state index contributed by atoms with van der Waals surface area (Å²) >= 11 is 3.31. The fourth-order valence-electron chi connectivity index (χ4n) is 2.46. The summed E-state index contributed by atoms with van der Waals surface area (Å²) in [6.45, 7) is 0.462. The molecule has 1 unspecified atom stereocenters. The Hall–Kier alpha value is -1.24. The first kappa shape index (κ1) is 15.2. The summed E-state index contributed by atoms with van der Waals surface area (Å²) < 4.78 is 39.4. The predicted molar refractivity (Wildman–Crippen MR) is 76.2 cm³/mol. The number of benzene rings is 1. The van der Waals surface area contributed by atoms with Gasteiger partial charge in [-0.25, -0.2) is 0 Å². The van der Waals surface area contributed by atoms with E-state index in [2.05, 4.69) is 15.9 Å². The van der Waals surface area contributed by atoms with Crippen LogP contribution in [0.25, 0.3) is 0 Å². The number of hydrogen-bond acceptors (Lipinski definition) is 2. The molecule has 1 atom stereocenters. The zero-order valence-electron chi connectivity index (χ0n) is 10.7. The van der Waals surface area contributed by atoms with Crippen molar-refractivity contribution >= 4 is 27.5 Å². The summed E-state index contributed by atoms with van der Waals surface area (Å²) in [5.41, 5.74) is 6.56. The third kappa shape index (κ3) is 3.26. The minimum absolute atomic E-state index is 0.0831. The van der Waals surface area contributed by atoms with Crippen molar-refractivity contribution < 1.29 is 13.2 Å². The lowest BCUT2D eigenvalue weighted by atomic mass is 9.96. The molecule has 0 aliphatic carbocycles. The highest BCUT2D eigenvalue weighted by molar-refractivity contribution is 9.10. The number of nitrogens with one attached hydrogen (secondary N) is 1. The van der Waals surface area contributed by atoms with E-state index in [0.717, 1.165) is 4.47 Å². The van der Waals surface area contributed by atoms with Gasteiger partial charge in [0.05, 0.1) is 5.92 Å². The molecule has 7 heteroatoms. The predicted octanol–water partition coefficient (Wildman–Crippen LogP) is 3.51. The Bertz CT molecular complexity index is 516. The van der Waals surface area contributed by atoms with E-state index in [-0.39, 0.29) is 18.8 Å². The molecule has 0 spiro atoms. The van der Waals surface area contributed by atoms with Crippen LogP contribution in [0.5, 0.6) is 0 Å². The lowest BCUT2D eigenvalue weighted by molar-refractivity contribution is -0.175. The van der Waals surface area contributed by atoms with Crippen molar-refractivity contribution in [2.45, 2.75) is 19.0 Å². The van der Waals surface area contributed by atoms with Crippen LogP contribution >= 0.6 is 15.9 Å². The summed E-state index contributed by atoms with van der Waals surface area (Å²) in [5, 5.41) is 7.55. The van der Waals surface area contributed by atoms with E-state index in [4.69, 9.17) is 11.1 Å². The second-order valence-electron chi connectivity index (χ2n) is 4.90. The molecule has 1 aromatic rings. The Labute approximate surface area is 123 Å². The number of rotatable bonds is 2. The Morgan fingerprint density at radius 3 is 2.70 bits per heavy atom. The van der Waals surface area contributed by atoms with Gasteiger partial charge in [-0.05, 0) is 31.0 Å². The second-order valence-corrected chi connectivity index (χ2v) is 5.82. The largest absolute Gasteiger partial charge is 0.393 e. The van der Waals surface area contributed by atoms with E-state index in [1.54, 1.807) is 23.1 Å². The molecule has 0 amide bonds. The van der Waals surface area contributed by atoms with Crippen LogP contribution in [0.15, 0.2) is 22.7 Å². The molecular formula is C13H15BrF3N3. The minimum atomic E-state index is -4.18. The standard InChI is InChI=1S/C13H15BrF3N3/c14-9-3-4-10(12(18)19)11(6-9)20-5-1-2-8(7-20)13(15,16)17/h3-4,6,8H,1-2,5,7H2,(H3,18,19). The monoisotopic (exact) mass is 349 g/mol. The van der Waals surface area contributed by atoms with Crippen molar-refractivity contribution in [2.75, 3.05) is 18.0 Å². The molecule has 1 fully saturated rings. The maximum atomic E-state index is 12.9. The molecule has 1 heterocycles. The van der Waals surface area contributed by atoms with Crippen molar-refractivity contribution in [3.05, 3.63) is 28.2 Å². The van der Waals surface area contributed by atoms with Gasteiger partial charge in [-0.2, -0.15) is 13.2 Å². The number of nitrogens with zero attached hydrogens (tertiary/aromatic N) is 1. The van der Waals surface area contributed by atoms with Crippen LogP contribution in [0.1, 0.15) is 18.4 Å². The number of alkyl halides is 3. The molecule has 1 aromatic carbocycles. The van der Waals surface area contributed by atoms with Crippen LogP contribution < -0.4 is 10.6 Å². The van der Waals surface area contributed by atoms with Gasteiger partial charge in [0.2, 0.25) is 0 Å². The van der Waals surface area contributed by atoms with Gasteiger partial charge in [-0.15, -0.1) is 0 Å². The van der Waals surface area contributed by atoms with Gasteiger partial charge in [0.1, 0.15) is 5.84 Å². The fraction of sp³-hybridized carbons (Fsp3) is 0.462. The molecule has 20 heavy (non-hydrogen) atoms. The molecule has 3 N–H and O–H groups in total. The van der Waals surface area contributed by atoms with E-state index in [0.29, 0.717) is 24.2 Å². The van der Waals surface area contributed by atoms with Gasteiger partial charge < -0.3 is 10.6 Å². The highest BCUT2D eigenvalue weighted by atomic mass is 79.9. The maximum absolute atomic E-state index is 12.9. The summed E-state index contributed by atoms with van der Waals surface area (Å²) in [6, 6.07) is 5.10. The SMILES string of the molecule is N=C(N)c1ccc(Br)cc1N1CCCC(C(F)(F)F)C1. The number of hydrogen-bond donors (Lipinski definition) is 2. The summed E-state index contributed by atoms with van der Waals surface area (Å²) in [7, 11) is 0. The van der Waals surface area contributed by atoms with Crippen LogP contribution in [0.4, 0.5) is 18.9 Å². The molecule has 0 radical (unpaired) electrons. The van der Waals surface area contributed by atoms with Crippen LogP contribution in [-0.2, 0) is 0 Å². The van der Waals surface area contributed by atoms with Gasteiger partial charge in [0.25, 0.3) is 0 Å². The number of anilines is 1. The molecule has 110 valence electrons. The van der Waals surface area contributed by atoms with Crippen molar-refractivity contribution in [2.24, 2.45) is 11.7 Å². The van der Waals surface area contributed by atoms with Gasteiger partial charge >= 0.3 is 6.18 Å². The zero-order valence-corrected chi connectivity index (χ0v) is 12.3. The quantitative estimate of drug-likeness (QED) is 0.634. The summed E-state index contributed by atoms with van der Waals surface area (Å²) in [5.74, 6) is -1.46. The number of nitrogens with two attached hydrogens (primary N) is 1. The third-order valence-electron chi connectivity index (χ3n) is 3.47. The van der Waals surface area contributed by atoms with Gasteiger partial charge in [-0.1, -0.05) is 15.9 Å². The molecule has 0 bridgehead atoms. The van der Waals surface area contributed by atoms with E-state index in [1.165, 1.54) is 0 Å². The summed E-state index contributed by atoms with van der Waals surface area (Å²) in [4.78, 5) is 1.67. The van der Waals surface area contributed by atoms with Gasteiger partial charge in [-0.3, -0.25) is 5.41 Å². The lowest BCUT2D eigenvalue weighted by Crippen LogP contribution is -2.42. The van der Waals surface area contributed by atoms with E-state index in [9.17, 15) is 13.2 Å². The van der Waals surface area contributed by atoms with Crippen LogP contribution in [0.3, 0.4) is 0 Å². The first-order chi connectivity index (χ1) is 9.29. The smallest absolute Gasteiger partial charge is 0.384 e. The molecule has 1 aliphatic heterocycles. The summed E-state index contributed by atoms with van der Waals surface area (Å²) in [6.07, 6.45) is -3.54. The van der Waals surface area contributed by atoms with E-state index in [1.807, 2.05) is 0 Å². The molecule has 1 aliphatic rings. The Kier molecular flexibility index (Phi) is 4.27. The van der Waals surface area contributed by atoms with Gasteiger partial charge in [0, 0.05) is 28.8 Å². The number of halogens is 4. The van der Waals surface area contributed by atoms with Crippen LogP contribution in [0.2, 0.25) is 0 Å². The highest BCUT2D eigenvalue weighted by Crippen LogP contribution is 2.36. The van der Waals surface area contributed by atoms with E-state index >= 15 is 0 Å². The Balaban J connectivity index is 2.31. The lowest BCUT2D eigenvalue weighted by Gasteiger charge is -2.36. The zero-order chi connectivity index (χ0) is 14.9. The van der Waals surface area contributed by atoms with Crippen LogP contribution in [-0.4, -0.2) is 25.1 Å². The number of amidine groups is 1. The third-order valence-corrected chi connectivity index (χ3v) is 3.97. The van der Waals surface area contributed by atoms with Crippen molar-refractivity contribution in [3.8, 4) is 0 Å². The Morgan fingerprint density at radius 2 is 2.10 bits per heavy atom. The normalized spacial score (nSPS) is 20.0. The van der Waals surface area contributed by atoms with Crippen molar-refractivity contribution in [1.82, 2.24) is 0 Å². The average Bonchev–Trinajstić information content (AvgIpc) is 2.37. The van der Waals surface area contributed by atoms with Crippen molar-refractivity contribution in [3.63, 3.8) is 0 Å². The maximum Gasteiger partial charge on any atom is 0.393 e. The van der Waals surface area contributed by atoms with Crippen molar-refractivity contribution in [1.29, 1.82) is 5.41 Å². The van der Waals surface area contributed by atoms with Gasteiger partial charge in [0.15, 0.2) is 0 Å². The number of piperidine rings is 1. The highest BCUT2D eigenvalue weighted by Gasteiger charge is 2.42. The molecule has 0 aromatic heterocycles. The fourth-order valence-corrected chi connectivity index (χ4v) is 2.81. The van der Waals surface area contributed by atoms with E-state index < -0.39 is 12.1 Å². The number of nitrogen functional groups attached to an aromatic ring is 1. The molecule has 2 rings (SSSR count). The molecular weight excluding hydrogens is 335 g/mol. The van der Waals surface area contributed by atoms with Crippen LogP contribution in [0, 0.1) is 11.3 Å².